The van der Waals surface area contributed by atoms with Gasteiger partial charge in [-0.05, 0) is 106 Å². The van der Waals surface area contributed by atoms with Crippen LogP contribution in [0.4, 0.5) is 5.69 Å². The first kappa shape index (κ1) is 32.5. The normalized spacial score (nSPS) is 24.5. The van der Waals surface area contributed by atoms with E-state index in [2.05, 4.69) is 28.8 Å². The number of halogens is 1. The van der Waals surface area contributed by atoms with Crippen LogP contribution in [0, 0.1) is 11.8 Å². The molecular formula is C34H43ClN2O6S. The van der Waals surface area contributed by atoms with Crippen LogP contribution in [0.5, 0.6) is 5.75 Å². The molecule has 2 aliphatic carbocycles. The Kier molecular flexibility index (Phi) is 8.99. The van der Waals surface area contributed by atoms with Crippen LogP contribution < -0.4 is 14.4 Å². The number of carbonyl (C=O) groups excluding carboxylic acids is 1. The van der Waals surface area contributed by atoms with Gasteiger partial charge in [-0.25, -0.2) is 13.1 Å². The Morgan fingerprint density at radius 1 is 1.23 bits per heavy atom. The van der Waals surface area contributed by atoms with Gasteiger partial charge in [-0.3, -0.25) is 4.79 Å². The molecule has 1 heterocycles. The number of aryl methyl sites for hydroxylation is 1. The van der Waals surface area contributed by atoms with Crippen LogP contribution in [0.15, 0.2) is 66.6 Å². The zero-order valence-electron chi connectivity index (χ0n) is 25.8. The number of hydrogen-bond acceptors (Lipinski definition) is 7. The number of rotatable bonds is 10. The summed E-state index contributed by atoms with van der Waals surface area (Å²) in [6.45, 7) is 14.0. The van der Waals surface area contributed by atoms with E-state index in [0.717, 1.165) is 32.1 Å². The Hall–Kier alpha value is -2.85. The van der Waals surface area contributed by atoms with E-state index in [9.17, 15) is 18.3 Å². The van der Waals surface area contributed by atoms with Gasteiger partial charge >= 0.3 is 0 Å². The topological polar surface area (TPSA) is 105 Å². The van der Waals surface area contributed by atoms with Crippen LogP contribution >= 0.6 is 11.6 Å². The molecule has 1 amide bonds. The molecule has 44 heavy (non-hydrogen) atoms. The summed E-state index contributed by atoms with van der Waals surface area (Å²) in [7, 11) is -4.24. The predicted octanol–water partition coefficient (Wildman–Crippen LogP) is 5.56. The first-order chi connectivity index (χ1) is 20.7. The molecule has 1 saturated carbocycles. The molecule has 2 aromatic rings. The Bertz CT molecular complexity index is 1550. The summed E-state index contributed by atoms with van der Waals surface area (Å²) in [4.78, 5) is 15.1. The highest BCUT2D eigenvalue weighted by Gasteiger charge is 2.46. The molecular weight excluding hydrogens is 600 g/mol. The van der Waals surface area contributed by atoms with Crippen LogP contribution in [0.3, 0.4) is 0 Å². The maximum absolute atomic E-state index is 13.5. The number of carbonyl (C=O) groups is 1. The molecule has 8 nitrogen and oxygen atoms in total. The maximum atomic E-state index is 13.5. The van der Waals surface area contributed by atoms with E-state index < -0.39 is 27.1 Å². The molecule has 3 aliphatic rings. The fraction of sp³-hybridized carbons (Fsp3) is 0.500. The van der Waals surface area contributed by atoms with Crippen molar-refractivity contribution < 1.29 is 27.8 Å². The number of aliphatic hydroxyl groups is 1. The van der Waals surface area contributed by atoms with Gasteiger partial charge in [0.25, 0.3) is 15.9 Å². The highest BCUT2D eigenvalue weighted by molar-refractivity contribution is 7.90. The third-order valence-corrected chi connectivity index (χ3v) is 11.3. The lowest BCUT2D eigenvalue weighted by molar-refractivity contribution is -0.139. The average Bonchev–Trinajstić information content (AvgIpc) is 3.10. The highest BCUT2D eigenvalue weighted by Crippen LogP contribution is 2.48. The molecule has 0 aromatic heterocycles. The van der Waals surface area contributed by atoms with E-state index in [1.807, 2.05) is 12.1 Å². The van der Waals surface area contributed by atoms with Crippen molar-refractivity contribution in [2.24, 2.45) is 11.8 Å². The lowest BCUT2D eigenvalue weighted by Gasteiger charge is -2.48. The second kappa shape index (κ2) is 12.2. The molecule has 4 atom stereocenters. The Morgan fingerprint density at radius 3 is 2.68 bits per heavy atom. The Balaban J connectivity index is 1.52. The van der Waals surface area contributed by atoms with E-state index in [-0.39, 0.29) is 28.8 Å². The lowest BCUT2D eigenvalue weighted by Crippen LogP contribution is -2.51. The molecule has 1 unspecified atom stereocenters. The summed E-state index contributed by atoms with van der Waals surface area (Å²) in [5.74, 6) is 0.00380. The molecule has 0 radical (unpaired) electrons. The molecule has 2 aromatic carbocycles. The smallest absolute Gasteiger partial charge is 0.265 e. The highest BCUT2D eigenvalue weighted by atomic mass is 35.5. The molecule has 1 aliphatic heterocycles. The van der Waals surface area contributed by atoms with Gasteiger partial charge in [0.2, 0.25) is 0 Å². The van der Waals surface area contributed by atoms with Crippen LogP contribution in [-0.4, -0.2) is 56.9 Å². The number of ether oxygens (including phenoxy) is 2. The molecule has 238 valence electrons. The van der Waals surface area contributed by atoms with Gasteiger partial charge in [0.15, 0.2) is 0 Å². The van der Waals surface area contributed by atoms with E-state index in [1.165, 1.54) is 37.1 Å². The Morgan fingerprint density at radius 2 is 2.00 bits per heavy atom. The van der Waals surface area contributed by atoms with Crippen molar-refractivity contribution in [1.82, 2.24) is 4.72 Å². The molecule has 1 fully saturated rings. The fourth-order valence-corrected chi connectivity index (χ4v) is 8.21. The first-order valence-corrected chi connectivity index (χ1v) is 17.1. The molecule has 0 bridgehead atoms. The molecule has 5 rings (SSSR count). The Labute approximate surface area is 266 Å². The van der Waals surface area contributed by atoms with Gasteiger partial charge in [0.1, 0.15) is 11.4 Å². The monoisotopic (exact) mass is 642 g/mol. The first-order valence-electron chi connectivity index (χ1n) is 15.2. The largest absolute Gasteiger partial charge is 0.490 e. The van der Waals surface area contributed by atoms with E-state index >= 15 is 0 Å². The van der Waals surface area contributed by atoms with Crippen molar-refractivity contribution in [3.63, 3.8) is 0 Å². The van der Waals surface area contributed by atoms with Gasteiger partial charge in [0, 0.05) is 23.5 Å². The molecule has 10 heteroatoms. The maximum Gasteiger partial charge on any atom is 0.265 e. The van der Waals surface area contributed by atoms with Crippen molar-refractivity contribution in [1.29, 1.82) is 0 Å². The van der Waals surface area contributed by atoms with E-state index in [1.54, 1.807) is 25.1 Å². The molecule has 2 N–H and O–H groups in total. The minimum Gasteiger partial charge on any atom is -0.490 e. The molecule has 0 saturated heterocycles. The number of benzene rings is 2. The van der Waals surface area contributed by atoms with Gasteiger partial charge in [0.05, 0.1) is 29.4 Å². The number of anilines is 1. The second-order valence-electron chi connectivity index (χ2n) is 13.2. The number of sulfonamides is 1. The fourth-order valence-electron chi connectivity index (χ4n) is 6.89. The number of nitrogens with zero attached hydrogens (tertiary/aromatic N) is 1. The van der Waals surface area contributed by atoms with Gasteiger partial charge in [-0.15, -0.1) is 13.2 Å². The van der Waals surface area contributed by atoms with E-state index in [4.69, 9.17) is 21.1 Å². The van der Waals surface area contributed by atoms with Crippen LogP contribution in [0.2, 0.25) is 5.02 Å². The van der Waals surface area contributed by atoms with Gasteiger partial charge in [-0.2, -0.15) is 0 Å². The SMILES string of the molecule is C=CCOC(C)(C)C(=O)NS(=O)(=O)c1ccc2c(c1)N(C[C@@H]1CC[C@H]1C(C)(O)C=C)C[C@@]1(CCCc3cc(Cl)ccc31)CO2. The van der Waals surface area contributed by atoms with Crippen molar-refractivity contribution in [2.75, 3.05) is 31.2 Å². The average molecular weight is 643 g/mol. The summed E-state index contributed by atoms with van der Waals surface area (Å²) >= 11 is 6.38. The third-order valence-electron chi connectivity index (χ3n) is 9.69. The zero-order valence-corrected chi connectivity index (χ0v) is 27.3. The summed E-state index contributed by atoms with van der Waals surface area (Å²) in [5, 5.41) is 11.7. The molecule has 1 spiro atoms. The summed E-state index contributed by atoms with van der Waals surface area (Å²) in [5.41, 5.74) is 0.335. The second-order valence-corrected chi connectivity index (χ2v) is 15.3. The minimum atomic E-state index is -4.24. The van der Waals surface area contributed by atoms with Gasteiger partial charge in [-0.1, -0.05) is 29.8 Å². The van der Waals surface area contributed by atoms with Crippen LogP contribution in [0.25, 0.3) is 0 Å². The zero-order chi connectivity index (χ0) is 31.9. The van der Waals surface area contributed by atoms with Gasteiger partial charge < -0.3 is 19.5 Å². The van der Waals surface area contributed by atoms with Crippen molar-refractivity contribution in [3.8, 4) is 5.75 Å². The van der Waals surface area contributed by atoms with Crippen LogP contribution in [0.1, 0.15) is 57.6 Å². The van der Waals surface area contributed by atoms with Crippen molar-refractivity contribution in [2.45, 2.75) is 74.4 Å². The van der Waals surface area contributed by atoms with Crippen molar-refractivity contribution in [3.05, 3.63) is 77.9 Å². The number of nitrogens with one attached hydrogen (secondary N) is 1. The third kappa shape index (κ3) is 6.29. The number of fused-ring (bicyclic) bond motifs is 3. The van der Waals surface area contributed by atoms with E-state index in [0.29, 0.717) is 36.2 Å². The summed E-state index contributed by atoms with van der Waals surface area (Å²) < 4.78 is 41.2. The summed E-state index contributed by atoms with van der Waals surface area (Å²) in [6, 6.07) is 10.8. The quantitative estimate of drug-likeness (QED) is 0.327. The number of amides is 1. The van der Waals surface area contributed by atoms with Crippen LogP contribution in [-0.2, 0) is 31.4 Å². The number of hydrogen-bond donors (Lipinski definition) is 2. The predicted molar refractivity (Wildman–Crippen MR) is 173 cm³/mol. The summed E-state index contributed by atoms with van der Waals surface area (Å²) in [6.07, 6.45) is 7.76. The minimum absolute atomic E-state index is 0.0324. The standard InChI is InChI=1S/C34H43ClN2O6S/c1-6-17-43-32(3,4)31(38)36-44(40,41)26-12-15-30-29(19-26)37(20-24-10-13-27(24)33(5,39)7-2)21-34(22-42-30)16-8-9-23-18-25(35)11-14-28(23)34/h6-7,11-12,14-15,18-19,24,27,39H,1-2,8-10,13,16-17,20-22H2,3-5H3,(H,36,38)/t24-,27+,33?,34-/m0/s1. The lowest BCUT2D eigenvalue weighted by atomic mass is 9.65. The van der Waals surface area contributed by atoms with Crippen molar-refractivity contribution >= 4 is 33.2 Å².